The van der Waals surface area contributed by atoms with Crippen LogP contribution in [-0.4, -0.2) is 45.9 Å². The minimum Gasteiger partial charge on any atom is -0.508 e. The van der Waals surface area contributed by atoms with E-state index >= 15 is 0 Å². The molecule has 172 valence electrons. The SMILES string of the molecule is CC(=O)c1ccc([C@@H](c2cccc(O)c2)N2C[C@@H](C)N(Cc3cccc(F)c3)C[C@@H]2C)cc1. The number of ketones is 1. The second kappa shape index (κ2) is 9.86. The molecule has 5 heteroatoms. The van der Waals surface area contributed by atoms with E-state index in [1.165, 1.54) is 6.07 Å². The Balaban J connectivity index is 1.62. The van der Waals surface area contributed by atoms with Gasteiger partial charge in [-0.15, -0.1) is 0 Å². The van der Waals surface area contributed by atoms with Crippen molar-refractivity contribution >= 4 is 5.78 Å². The number of hydrogen-bond donors (Lipinski definition) is 1. The Morgan fingerprint density at radius 2 is 1.70 bits per heavy atom. The van der Waals surface area contributed by atoms with E-state index in [0.29, 0.717) is 12.1 Å². The highest BCUT2D eigenvalue weighted by Gasteiger charge is 2.35. The fourth-order valence-corrected chi connectivity index (χ4v) is 4.85. The molecule has 1 aliphatic heterocycles. The lowest BCUT2D eigenvalue weighted by Crippen LogP contribution is -2.56. The predicted molar refractivity (Wildman–Crippen MR) is 129 cm³/mol. The summed E-state index contributed by atoms with van der Waals surface area (Å²) in [7, 11) is 0. The van der Waals surface area contributed by atoms with Crippen molar-refractivity contribution in [1.82, 2.24) is 9.80 Å². The number of piperazine rings is 1. The van der Waals surface area contributed by atoms with Crippen molar-refractivity contribution in [2.24, 2.45) is 0 Å². The second-order valence-corrected chi connectivity index (χ2v) is 9.13. The molecule has 0 saturated carbocycles. The Hall–Kier alpha value is -3.02. The maximum absolute atomic E-state index is 13.7. The average Bonchev–Trinajstić information content (AvgIpc) is 2.78. The van der Waals surface area contributed by atoms with Crippen molar-refractivity contribution in [3.63, 3.8) is 0 Å². The van der Waals surface area contributed by atoms with E-state index in [4.69, 9.17) is 0 Å². The predicted octanol–water partition coefficient (Wildman–Crippen LogP) is 5.42. The number of carbonyl (C=O) groups excluding carboxylic acids is 1. The number of rotatable bonds is 6. The fourth-order valence-electron chi connectivity index (χ4n) is 4.85. The summed E-state index contributed by atoms with van der Waals surface area (Å²) < 4.78 is 13.7. The first-order chi connectivity index (χ1) is 15.8. The fraction of sp³-hybridized carbons (Fsp3) is 0.321. The van der Waals surface area contributed by atoms with Crippen molar-refractivity contribution in [2.45, 2.75) is 45.4 Å². The number of halogens is 1. The summed E-state index contributed by atoms with van der Waals surface area (Å²) in [6, 6.07) is 22.5. The minimum absolute atomic E-state index is 0.0448. The van der Waals surface area contributed by atoms with Gasteiger partial charge in [0.1, 0.15) is 11.6 Å². The minimum atomic E-state index is -0.204. The van der Waals surface area contributed by atoms with Crippen LogP contribution in [0.4, 0.5) is 4.39 Å². The first-order valence-electron chi connectivity index (χ1n) is 11.5. The third-order valence-corrected chi connectivity index (χ3v) is 6.59. The van der Waals surface area contributed by atoms with Gasteiger partial charge in [0, 0.05) is 37.3 Å². The van der Waals surface area contributed by atoms with E-state index in [1.54, 1.807) is 25.1 Å². The molecule has 3 atom stereocenters. The summed E-state index contributed by atoms with van der Waals surface area (Å²) >= 11 is 0. The normalized spacial score (nSPS) is 20.5. The van der Waals surface area contributed by atoms with Gasteiger partial charge in [0.15, 0.2) is 5.78 Å². The van der Waals surface area contributed by atoms with Crippen LogP contribution in [0, 0.1) is 5.82 Å². The Morgan fingerprint density at radius 3 is 2.36 bits per heavy atom. The van der Waals surface area contributed by atoms with Gasteiger partial charge in [-0.3, -0.25) is 14.6 Å². The monoisotopic (exact) mass is 446 g/mol. The number of aromatic hydroxyl groups is 1. The third kappa shape index (κ3) is 5.32. The first kappa shape index (κ1) is 23.1. The maximum atomic E-state index is 13.7. The Bertz CT molecular complexity index is 1110. The van der Waals surface area contributed by atoms with Crippen LogP contribution in [-0.2, 0) is 6.54 Å². The lowest BCUT2D eigenvalue weighted by Gasteiger charge is -2.47. The molecule has 0 aromatic heterocycles. The molecule has 0 unspecified atom stereocenters. The molecule has 0 bridgehead atoms. The van der Waals surface area contributed by atoms with E-state index in [2.05, 4.69) is 23.6 Å². The van der Waals surface area contributed by atoms with E-state index in [-0.39, 0.29) is 35.5 Å². The molecule has 4 rings (SSSR count). The van der Waals surface area contributed by atoms with Crippen LogP contribution in [0.1, 0.15) is 53.9 Å². The summed E-state index contributed by atoms with van der Waals surface area (Å²) in [4.78, 5) is 16.6. The molecule has 1 aliphatic rings. The summed E-state index contributed by atoms with van der Waals surface area (Å²) in [5.74, 6) is 0.0801. The van der Waals surface area contributed by atoms with Crippen molar-refractivity contribution in [2.75, 3.05) is 13.1 Å². The molecule has 1 saturated heterocycles. The Labute approximate surface area is 195 Å². The van der Waals surface area contributed by atoms with Crippen LogP contribution < -0.4 is 0 Å². The summed E-state index contributed by atoms with van der Waals surface area (Å²) in [5.41, 5.74) is 3.77. The molecular formula is C28H31FN2O2. The van der Waals surface area contributed by atoms with Gasteiger partial charge in [0.25, 0.3) is 0 Å². The lowest BCUT2D eigenvalue weighted by atomic mass is 9.92. The zero-order valence-corrected chi connectivity index (χ0v) is 19.4. The number of benzene rings is 3. The quantitative estimate of drug-likeness (QED) is 0.514. The van der Waals surface area contributed by atoms with E-state index in [9.17, 15) is 14.3 Å². The highest BCUT2D eigenvalue weighted by Crippen LogP contribution is 2.35. The molecule has 3 aromatic carbocycles. The van der Waals surface area contributed by atoms with Gasteiger partial charge in [-0.1, -0.05) is 48.5 Å². The average molecular weight is 447 g/mol. The van der Waals surface area contributed by atoms with Gasteiger partial charge >= 0.3 is 0 Å². The van der Waals surface area contributed by atoms with Gasteiger partial charge in [0.2, 0.25) is 0 Å². The number of hydrogen-bond acceptors (Lipinski definition) is 4. The van der Waals surface area contributed by atoms with E-state index < -0.39 is 0 Å². The van der Waals surface area contributed by atoms with Crippen LogP contribution in [0.3, 0.4) is 0 Å². The van der Waals surface area contributed by atoms with Crippen LogP contribution in [0.5, 0.6) is 5.75 Å². The topological polar surface area (TPSA) is 43.8 Å². The van der Waals surface area contributed by atoms with E-state index in [1.807, 2.05) is 48.5 Å². The zero-order valence-electron chi connectivity index (χ0n) is 19.4. The molecule has 1 heterocycles. The number of nitrogens with zero attached hydrogens (tertiary/aromatic N) is 2. The largest absolute Gasteiger partial charge is 0.508 e. The molecule has 0 radical (unpaired) electrons. The van der Waals surface area contributed by atoms with Gasteiger partial charge < -0.3 is 5.11 Å². The highest BCUT2D eigenvalue weighted by atomic mass is 19.1. The zero-order chi connectivity index (χ0) is 23.5. The molecular weight excluding hydrogens is 415 g/mol. The molecule has 0 spiro atoms. The van der Waals surface area contributed by atoms with Crippen LogP contribution in [0.25, 0.3) is 0 Å². The van der Waals surface area contributed by atoms with Gasteiger partial charge in [-0.05, 0) is 61.7 Å². The van der Waals surface area contributed by atoms with Crippen molar-refractivity contribution in [3.05, 3.63) is 101 Å². The molecule has 1 fully saturated rings. The second-order valence-electron chi connectivity index (χ2n) is 9.13. The van der Waals surface area contributed by atoms with E-state index in [0.717, 1.165) is 29.8 Å². The molecule has 3 aromatic rings. The number of phenols is 1. The van der Waals surface area contributed by atoms with Crippen molar-refractivity contribution < 1.29 is 14.3 Å². The number of Topliss-reactive ketones (excluding diaryl/α,β-unsaturated/α-hetero) is 1. The summed E-state index contributed by atoms with van der Waals surface area (Å²) in [6.07, 6.45) is 0. The summed E-state index contributed by atoms with van der Waals surface area (Å²) in [6.45, 7) is 8.37. The van der Waals surface area contributed by atoms with Gasteiger partial charge in [-0.2, -0.15) is 0 Å². The molecule has 1 N–H and O–H groups in total. The van der Waals surface area contributed by atoms with Crippen LogP contribution >= 0.6 is 0 Å². The molecule has 33 heavy (non-hydrogen) atoms. The van der Waals surface area contributed by atoms with Crippen molar-refractivity contribution in [3.8, 4) is 5.75 Å². The first-order valence-corrected chi connectivity index (χ1v) is 11.5. The lowest BCUT2D eigenvalue weighted by molar-refractivity contribution is 0.0194. The Kier molecular flexibility index (Phi) is 6.91. The van der Waals surface area contributed by atoms with Crippen LogP contribution in [0.15, 0.2) is 72.8 Å². The van der Waals surface area contributed by atoms with Crippen LogP contribution in [0.2, 0.25) is 0 Å². The maximum Gasteiger partial charge on any atom is 0.159 e. The Morgan fingerprint density at radius 1 is 0.970 bits per heavy atom. The number of carbonyl (C=O) groups is 1. The summed E-state index contributed by atoms with van der Waals surface area (Å²) in [5, 5.41) is 10.2. The molecule has 0 amide bonds. The van der Waals surface area contributed by atoms with Gasteiger partial charge in [-0.25, -0.2) is 4.39 Å². The van der Waals surface area contributed by atoms with Crippen molar-refractivity contribution in [1.29, 1.82) is 0 Å². The highest BCUT2D eigenvalue weighted by molar-refractivity contribution is 5.94. The molecule has 0 aliphatic carbocycles. The van der Waals surface area contributed by atoms with Gasteiger partial charge in [0.05, 0.1) is 6.04 Å². The smallest absolute Gasteiger partial charge is 0.159 e. The molecule has 4 nitrogen and oxygen atoms in total. The number of phenolic OH excluding ortho intramolecular Hbond substituents is 1. The standard InChI is InChI=1S/C28H31FN2O2/c1-19-17-31(20(2)16-30(19)18-22-6-4-8-26(29)14-22)28(25-7-5-9-27(33)15-25)24-12-10-23(11-13-24)21(3)32/h4-15,19-20,28,33H,16-18H2,1-3H3/t19-,20+,28+/m1/s1. The third-order valence-electron chi connectivity index (χ3n) is 6.59.